The lowest BCUT2D eigenvalue weighted by atomic mass is 9.58. The number of alkyl halides is 2. The summed E-state index contributed by atoms with van der Waals surface area (Å²) in [4.78, 5) is 17.4. The summed E-state index contributed by atoms with van der Waals surface area (Å²) in [7, 11) is 1.68. The molecule has 0 radical (unpaired) electrons. The molecule has 37 heavy (non-hydrogen) atoms. The standard InChI is InChI=1S/C29H33F2N3O3/c1-17-11-25(37-2)22(20-7-9-32-26(17)20)14-34-10-8-28(15-29(30,31)16-28)13-24(34)21-6-3-18(27(35)36)12-23(21)33-19-4-5-19/h3,6-7,9,11-12,19,24,32-33H,4-5,8,10,13-16H2,1-2H3,(H,35,36)/t24-/m0/s1. The molecule has 1 atom stereocenters. The maximum atomic E-state index is 14.1. The zero-order valence-electron chi connectivity index (χ0n) is 21.2. The van der Waals surface area contributed by atoms with Crippen LogP contribution in [-0.2, 0) is 6.54 Å². The average Bonchev–Trinajstić information content (AvgIpc) is 3.51. The first-order valence-corrected chi connectivity index (χ1v) is 13.1. The highest BCUT2D eigenvalue weighted by atomic mass is 19.3. The van der Waals surface area contributed by atoms with Crippen LogP contribution in [0.1, 0.15) is 71.6 Å². The summed E-state index contributed by atoms with van der Waals surface area (Å²) < 4.78 is 34.0. The molecular formula is C29H33F2N3O3. The van der Waals surface area contributed by atoms with Gasteiger partial charge in [0.15, 0.2) is 0 Å². The lowest BCUT2D eigenvalue weighted by Crippen LogP contribution is -2.53. The second-order valence-electron chi connectivity index (χ2n) is 11.3. The van der Waals surface area contributed by atoms with Crippen LogP contribution in [0, 0.1) is 12.3 Å². The van der Waals surface area contributed by atoms with Gasteiger partial charge in [0.25, 0.3) is 0 Å². The fraction of sp³-hybridized carbons (Fsp3) is 0.483. The zero-order chi connectivity index (χ0) is 25.9. The van der Waals surface area contributed by atoms with E-state index in [0.717, 1.165) is 58.3 Å². The van der Waals surface area contributed by atoms with Crippen LogP contribution in [-0.4, -0.2) is 46.6 Å². The number of aromatic amines is 1. The third kappa shape index (κ3) is 4.45. The Bertz CT molecular complexity index is 1360. The van der Waals surface area contributed by atoms with Crippen LogP contribution in [0.2, 0.25) is 0 Å². The molecule has 2 aromatic carbocycles. The Morgan fingerprint density at radius 2 is 2.03 bits per heavy atom. The SMILES string of the molecule is COc1cc(C)c2[nH]ccc2c1CN1CCC2(C[C@H]1c1ccc(C(=O)O)cc1NC1CC1)CC(F)(F)C2. The van der Waals surface area contributed by atoms with Crippen molar-refractivity contribution in [1.82, 2.24) is 9.88 Å². The molecule has 3 N–H and O–H groups in total. The number of hydrogen-bond donors (Lipinski definition) is 3. The predicted molar refractivity (Wildman–Crippen MR) is 139 cm³/mol. The van der Waals surface area contributed by atoms with E-state index in [-0.39, 0.29) is 29.9 Å². The number of aromatic nitrogens is 1. The van der Waals surface area contributed by atoms with Gasteiger partial charge in [-0.25, -0.2) is 13.6 Å². The molecule has 1 saturated heterocycles. The minimum Gasteiger partial charge on any atom is -0.496 e. The molecule has 1 aliphatic heterocycles. The molecule has 6 nitrogen and oxygen atoms in total. The van der Waals surface area contributed by atoms with Gasteiger partial charge in [0.1, 0.15) is 5.75 Å². The van der Waals surface area contributed by atoms with Gasteiger partial charge in [-0.1, -0.05) is 6.07 Å². The molecular weight excluding hydrogens is 476 g/mol. The van der Waals surface area contributed by atoms with Crippen molar-refractivity contribution in [2.24, 2.45) is 5.41 Å². The number of carboxylic acid groups (broad SMARTS) is 1. The summed E-state index contributed by atoms with van der Waals surface area (Å²) in [5.41, 5.74) is 4.89. The Morgan fingerprint density at radius 3 is 2.70 bits per heavy atom. The number of benzene rings is 2. The Labute approximate surface area is 215 Å². The quantitative estimate of drug-likeness (QED) is 0.338. The lowest BCUT2D eigenvalue weighted by Gasteiger charge is -2.55. The van der Waals surface area contributed by atoms with Crippen LogP contribution < -0.4 is 10.1 Å². The van der Waals surface area contributed by atoms with Gasteiger partial charge >= 0.3 is 5.97 Å². The van der Waals surface area contributed by atoms with Gasteiger partial charge in [-0.05, 0) is 80.0 Å². The monoisotopic (exact) mass is 509 g/mol. The van der Waals surface area contributed by atoms with Crippen LogP contribution in [0.25, 0.3) is 10.9 Å². The molecule has 3 aromatic rings. The molecule has 2 heterocycles. The highest BCUT2D eigenvalue weighted by Gasteiger charge is 2.58. The average molecular weight is 510 g/mol. The number of carboxylic acids is 1. The fourth-order valence-electron chi connectivity index (χ4n) is 6.58. The van der Waals surface area contributed by atoms with Gasteiger partial charge in [-0.3, -0.25) is 4.90 Å². The zero-order valence-corrected chi connectivity index (χ0v) is 21.2. The van der Waals surface area contributed by atoms with Gasteiger partial charge < -0.3 is 20.1 Å². The number of hydrogen-bond acceptors (Lipinski definition) is 4. The first-order valence-electron chi connectivity index (χ1n) is 13.1. The minimum atomic E-state index is -2.59. The Balaban J connectivity index is 1.41. The van der Waals surface area contributed by atoms with Gasteiger partial charge in [0.05, 0.1) is 12.7 Å². The summed E-state index contributed by atoms with van der Waals surface area (Å²) >= 11 is 0. The smallest absolute Gasteiger partial charge is 0.335 e. The number of nitrogens with zero attached hydrogens (tertiary/aromatic N) is 1. The number of likely N-dealkylation sites (tertiary alicyclic amines) is 1. The van der Waals surface area contributed by atoms with Crippen LogP contribution in [0.5, 0.6) is 5.75 Å². The number of carbonyl (C=O) groups is 1. The number of ether oxygens (including phenoxy) is 1. The Morgan fingerprint density at radius 1 is 1.24 bits per heavy atom. The van der Waals surface area contributed by atoms with Crippen molar-refractivity contribution in [3.63, 3.8) is 0 Å². The molecule has 2 saturated carbocycles. The highest BCUT2D eigenvalue weighted by Crippen LogP contribution is 2.61. The fourth-order valence-corrected chi connectivity index (χ4v) is 6.58. The third-order valence-corrected chi connectivity index (χ3v) is 8.55. The molecule has 0 amide bonds. The minimum absolute atomic E-state index is 0.0706. The number of anilines is 1. The number of aryl methyl sites for hydroxylation is 1. The number of rotatable bonds is 7. The summed E-state index contributed by atoms with van der Waals surface area (Å²) in [6, 6.07) is 9.56. The maximum absolute atomic E-state index is 14.1. The molecule has 6 rings (SSSR count). The maximum Gasteiger partial charge on any atom is 0.335 e. The number of methoxy groups -OCH3 is 1. The van der Waals surface area contributed by atoms with Crippen LogP contribution in [0.3, 0.4) is 0 Å². The van der Waals surface area contributed by atoms with E-state index >= 15 is 0 Å². The van der Waals surface area contributed by atoms with Crippen molar-refractivity contribution in [1.29, 1.82) is 0 Å². The molecule has 0 unspecified atom stereocenters. The van der Waals surface area contributed by atoms with Crippen molar-refractivity contribution in [3.05, 3.63) is 58.8 Å². The Hall–Kier alpha value is -3.13. The molecule has 8 heteroatoms. The van der Waals surface area contributed by atoms with E-state index in [1.165, 1.54) is 0 Å². The highest BCUT2D eigenvalue weighted by molar-refractivity contribution is 5.89. The van der Waals surface area contributed by atoms with E-state index in [4.69, 9.17) is 4.74 Å². The summed E-state index contributed by atoms with van der Waals surface area (Å²) in [5.74, 6) is -2.75. The van der Waals surface area contributed by atoms with E-state index < -0.39 is 11.9 Å². The van der Waals surface area contributed by atoms with E-state index in [2.05, 4.69) is 28.2 Å². The largest absolute Gasteiger partial charge is 0.496 e. The van der Waals surface area contributed by atoms with Crippen LogP contribution in [0.4, 0.5) is 14.5 Å². The van der Waals surface area contributed by atoms with E-state index in [1.807, 2.05) is 18.3 Å². The summed E-state index contributed by atoms with van der Waals surface area (Å²) in [5, 5.41) is 14.2. The second kappa shape index (κ2) is 8.72. The van der Waals surface area contributed by atoms with Crippen molar-refractivity contribution in [2.45, 2.75) is 70.0 Å². The topological polar surface area (TPSA) is 77.6 Å². The predicted octanol–water partition coefficient (Wildman–Crippen LogP) is 6.51. The van der Waals surface area contributed by atoms with E-state index in [1.54, 1.807) is 19.2 Å². The van der Waals surface area contributed by atoms with Crippen molar-refractivity contribution in [3.8, 4) is 5.75 Å². The van der Waals surface area contributed by atoms with Gasteiger partial charge in [0, 0.05) is 59.8 Å². The molecule has 196 valence electrons. The third-order valence-electron chi connectivity index (χ3n) is 8.55. The number of fused-ring (bicyclic) bond motifs is 1. The number of piperidine rings is 1. The summed E-state index contributed by atoms with van der Waals surface area (Å²) in [6.07, 6.45) is 5.24. The molecule has 0 bridgehead atoms. The lowest BCUT2D eigenvalue weighted by molar-refractivity contribution is -0.186. The van der Waals surface area contributed by atoms with Gasteiger partial charge in [-0.15, -0.1) is 0 Å². The van der Waals surface area contributed by atoms with Gasteiger partial charge in [0.2, 0.25) is 5.92 Å². The number of nitrogens with one attached hydrogen (secondary N) is 2. The Kier molecular flexibility index (Phi) is 5.71. The number of aromatic carboxylic acids is 1. The first kappa shape index (κ1) is 24.2. The molecule has 2 aliphatic carbocycles. The normalized spacial score (nSPS) is 22.6. The van der Waals surface area contributed by atoms with Crippen molar-refractivity contribution in [2.75, 3.05) is 19.0 Å². The molecule has 1 aromatic heterocycles. The molecule has 1 spiro atoms. The second-order valence-corrected chi connectivity index (χ2v) is 11.3. The van der Waals surface area contributed by atoms with Gasteiger partial charge in [-0.2, -0.15) is 0 Å². The van der Waals surface area contributed by atoms with Crippen LogP contribution in [0.15, 0.2) is 36.5 Å². The van der Waals surface area contributed by atoms with Crippen LogP contribution >= 0.6 is 0 Å². The van der Waals surface area contributed by atoms with E-state index in [9.17, 15) is 18.7 Å². The molecule has 3 fully saturated rings. The van der Waals surface area contributed by atoms with Crippen molar-refractivity contribution < 1.29 is 23.4 Å². The number of H-pyrrole nitrogens is 1. The summed E-state index contributed by atoms with van der Waals surface area (Å²) in [6.45, 7) is 3.35. The molecule has 3 aliphatic rings. The number of halogens is 2. The van der Waals surface area contributed by atoms with E-state index in [0.29, 0.717) is 25.6 Å². The first-order chi connectivity index (χ1) is 17.7. The van der Waals surface area contributed by atoms with Crippen molar-refractivity contribution >= 4 is 22.6 Å².